The number of nitrogens with zero attached hydrogens (tertiary/aromatic N) is 1. The van der Waals surface area contributed by atoms with Crippen LogP contribution in [0.2, 0.25) is 0 Å². The molecule has 1 aliphatic heterocycles. The standard InChI is InChI=1S/C14H16F6N2S/c1-7(2)22-8(3)12(21-23-22)9-4-10(13(15,16)17)6-11(5-9)14(18,19)20/h4-8,12,21H,1-3H3/t8?,12-/m1/s1. The molecular weight excluding hydrogens is 342 g/mol. The molecule has 1 aliphatic rings. The molecule has 2 nitrogen and oxygen atoms in total. The van der Waals surface area contributed by atoms with E-state index in [-0.39, 0.29) is 23.7 Å². The van der Waals surface area contributed by atoms with Crippen LogP contribution in [-0.4, -0.2) is 16.4 Å². The highest BCUT2D eigenvalue weighted by Crippen LogP contribution is 2.41. The Morgan fingerprint density at radius 3 is 1.83 bits per heavy atom. The van der Waals surface area contributed by atoms with Crippen molar-refractivity contribution in [3.8, 4) is 0 Å². The molecule has 0 amide bonds. The Morgan fingerprint density at radius 2 is 1.48 bits per heavy atom. The summed E-state index contributed by atoms with van der Waals surface area (Å²) in [5.74, 6) is 0. The lowest BCUT2D eigenvalue weighted by atomic mass is 9.96. The third kappa shape index (κ3) is 3.95. The summed E-state index contributed by atoms with van der Waals surface area (Å²) in [5.41, 5.74) is -2.59. The molecule has 1 N–H and O–H groups in total. The summed E-state index contributed by atoms with van der Waals surface area (Å²) in [5, 5.41) is 0. The Labute approximate surface area is 134 Å². The lowest BCUT2D eigenvalue weighted by molar-refractivity contribution is -0.143. The second kappa shape index (κ2) is 6.18. The lowest BCUT2D eigenvalue weighted by Gasteiger charge is -2.25. The van der Waals surface area contributed by atoms with Crippen LogP contribution < -0.4 is 4.72 Å². The molecule has 0 spiro atoms. The normalized spacial score (nSPS) is 23.7. The zero-order chi connectivity index (χ0) is 17.6. The van der Waals surface area contributed by atoms with E-state index in [1.807, 2.05) is 18.2 Å². The highest BCUT2D eigenvalue weighted by atomic mass is 32.2. The summed E-state index contributed by atoms with van der Waals surface area (Å²) in [6.45, 7) is 5.58. The first-order chi connectivity index (χ1) is 10.4. The molecule has 1 unspecified atom stereocenters. The number of alkyl halides is 6. The molecule has 0 aromatic heterocycles. The van der Waals surface area contributed by atoms with E-state index < -0.39 is 29.5 Å². The Bertz CT molecular complexity index is 537. The summed E-state index contributed by atoms with van der Waals surface area (Å²) in [7, 11) is 0. The van der Waals surface area contributed by atoms with E-state index in [4.69, 9.17) is 0 Å². The first kappa shape index (κ1) is 18.4. The molecule has 130 valence electrons. The minimum atomic E-state index is -4.83. The molecule has 23 heavy (non-hydrogen) atoms. The van der Waals surface area contributed by atoms with Gasteiger partial charge >= 0.3 is 12.4 Å². The maximum Gasteiger partial charge on any atom is 0.416 e. The minimum Gasteiger partial charge on any atom is -0.241 e. The van der Waals surface area contributed by atoms with E-state index in [2.05, 4.69) is 4.72 Å². The smallest absolute Gasteiger partial charge is 0.241 e. The highest BCUT2D eigenvalue weighted by molar-refractivity contribution is 7.95. The van der Waals surface area contributed by atoms with E-state index in [1.54, 1.807) is 6.92 Å². The fourth-order valence-corrected chi connectivity index (χ4v) is 3.59. The lowest BCUT2D eigenvalue weighted by Crippen LogP contribution is -2.32. The van der Waals surface area contributed by atoms with Gasteiger partial charge in [-0.2, -0.15) is 26.3 Å². The largest absolute Gasteiger partial charge is 0.416 e. The van der Waals surface area contributed by atoms with Crippen LogP contribution in [-0.2, 0) is 12.4 Å². The van der Waals surface area contributed by atoms with Crippen molar-refractivity contribution < 1.29 is 26.3 Å². The molecule has 2 rings (SSSR count). The third-order valence-corrected chi connectivity index (χ3v) is 4.97. The predicted octanol–water partition coefficient (Wildman–Crippen LogP) is 5.03. The SMILES string of the molecule is CC(C)N1SN[C@@H](c2cc(C(F)(F)F)cc(C(F)(F)F)c2)C1C. The van der Waals surface area contributed by atoms with Crippen molar-refractivity contribution in [3.63, 3.8) is 0 Å². The van der Waals surface area contributed by atoms with E-state index in [0.29, 0.717) is 0 Å². The molecule has 1 saturated heterocycles. The van der Waals surface area contributed by atoms with Gasteiger partial charge in [0, 0.05) is 24.2 Å². The zero-order valence-electron chi connectivity index (χ0n) is 12.6. The molecule has 2 atom stereocenters. The van der Waals surface area contributed by atoms with E-state index in [0.717, 1.165) is 12.1 Å². The maximum absolute atomic E-state index is 12.9. The number of benzene rings is 1. The fourth-order valence-electron chi connectivity index (χ4n) is 2.53. The minimum absolute atomic E-state index is 0.0182. The van der Waals surface area contributed by atoms with Gasteiger partial charge in [0.15, 0.2) is 0 Å². The molecular formula is C14H16F6N2S. The van der Waals surface area contributed by atoms with Crippen molar-refractivity contribution in [2.75, 3.05) is 0 Å². The molecule has 1 aromatic rings. The topological polar surface area (TPSA) is 15.3 Å². The molecule has 0 bridgehead atoms. The summed E-state index contributed by atoms with van der Waals surface area (Å²) >= 11 is 1.21. The summed E-state index contributed by atoms with van der Waals surface area (Å²) < 4.78 is 82.4. The number of rotatable bonds is 2. The Balaban J connectivity index is 2.46. The van der Waals surface area contributed by atoms with Gasteiger partial charge < -0.3 is 0 Å². The van der Waals surface area contributed by atoms with Crippen molar-refractivity contribution in [1.82, 2.24) is 9.03 Å². The van der Waals surface area contributed by atoms with Gasteiger partial charge in [-0.25, -0.2) is 9.03 Å². The van der Waals surface area contributed by atoms with Crippen LogP contribution in [0.1, 0.15) is 43.5 Å². The number of nitrogens with one attached hydrogen (secondary N) is 1. The van der Waals surface area contributed by atoms with Gasteiger partial charge in [-0.3, -0.25) is 0 Å². The fraction of sp³-hybridized carbons (Fsp3) is 0.571. The number of halogens is 6. The zero-order valence-corrected chi connectivity index (χ0v) is 13.4. The van der Waals surface area contributed by atoms with Crippen molar-refractivity contribution in [2.24, 2.45) is 0 Å². The van der Waals surface area contributed by atoms with Crippen LogP contribution >= 0.6 is 12.1 Å². The Kier molecular flexibility index (Phi) is 4.94. The Morgan fingerprint density at radius 1 is 1.00 bits per heavy atom. The van der Waals surface area contributed by atoms with Crippen LogP contribution in [0, 0.1) is 0 Å². The third-order valence-electron chi connectivity index (χ3n) is 3.65. The summed E-state index contributed by atoms with van der Waals surface area (Å²) in [4.78, 5) is 0. The molecule has 0 aliphatic carbocycles. The van der Waals surface area contributed by atoms with Crippen LogP contribution in [0.3, 0.4) is 0 Å². The van der Waals surface area contributed by atoms with Gasteiger partial charge in [0.2, 0.25) is 0 Å². The maximum atomic E-state index is 12.9. The molecule has 9 heteroatoms. The van der Waals surface area contributed by atoms with Crippen LogP contribution in [0.5, 0.6) is 0 Å². The van der Waals surface area contributed by atoms with Crippen LogP contribution in [0.15, 0.2) is 18.2 Å². The van der Waals surface area contributed by atoms with Gasteiger partial charge in [-0.15, -0.1) is 0 Å². The Hall–Kier alpha value is -0.930. The molecule has 1 aromatic carbocycles. The average Bonchev–Trinajstić information content (AvgIpc) is 2.78. The van der Waals surface area contributed by atoms with Crippen molar-refractivity contribution >= 4 is 12.1 Å². The van der Waals surface area contributed by atoms with Gasteiger partial charge in [-0.1, -0.05) is 0 Å². The van der Waals surface area contributed by atoms with Crippen molar-refractivity contribution in [2.45, 2.75) is 51.2 Å². The van der Waals surface area contributed by atoms with Crippen LogP contribution in [0.25, 0.3) is 0 Å². The first-order valence-electron chi connectivity index (χ1n) is 6.91. The first-order valence-corrected chi connectivity index (χ1v) is 7.69. The van der Waals surface area contributed by atoms with Gasteiger partial charge in [0.1, 0.15) is 0 Å². The monoisotopic (exact) mass is 358 g/mol. The van der Waals surface area contributed by atoms with Crippen molar-refractivity contribution in [3.05, 3.63) is 34.9 Å². The summed E-state index contributed by atoms with van der Waals surface area (Å²) in [6.07, 6.45) is -9.66. The molecule has 1 fully saturated rings. The summed E-state index contributed by atoms with van der Waals surface area (Å²) in [6, 6.07) is 0.952. The quantitative estimate of drug-likeness (QED) is 0.590. The number of hydrogen-bond donors (Lipinski definition) is 1. The van der Waals surface area contributed by atoms with E-state index in [9.17, 15) is 26.3 Å². The van der Waals surface area contributed by atoms with E-state index >= 15 is 0 Å². The molecule has 0 saturated carbocycles. The van der Waals surface area contributed by atoms with Crippen molar-refractivity contribution in [1.29, 1.82) is 0 Å². The van der Waals surface area contributed by atoms with Gasteiger partial charge in [0.25, 0.3) is 0 Å². The van der Waals surface area contributed by atoms with Gasteiger partial charge in [-0.05, 0) is 44.5 Å². The van der Waals surface area contributed by atoms with E-state index in [1.165, 1.54) is 12.1 Å². The number of hydrogen-bond acceptors (Lipinski definition) is 3. The average molecular weight is 358 g/mol. The van der Waals surface area contributed by atoms with Gasteiger partial charge in [0.05, 0.1) is 17.2 Å². The second-order valence-electron chi connectivity index (χ2n) is 5.72. The second-order valence-corrected chi connectivity index (χ2v) is 6.56. The predicted molar refractivity (Wildman–Crippen MR) is 76.4 cm³/mol. The highest BCUT2D eigenvalue weighted by Gasteiger charge is 2.40. The molecule has 1 heterocycles. The van der Waals surface area contributed by atoms with Crippen LogP contribution in [0.4, 0.5) is 26.3 Å². The molecule has 0 radical (unpaired) electrons.